The number of hydrogen-bond acceptors (Lipinski definition) is 7. The Morgan fingerprint density at radius 2 is 2.11 bits per heavy atom. The fraction of sp³-hybridized carbons (Fsp3) is 0.240. The highest BCUT2D eigenvalue weighted by atomic mass is 35.5. The van der Waals surface area contributed by atoms with Crippen LogP contribution >= 0.6 is 11.6 Å². The Morgan fingerprint density at radius 1 is 1.23 bits per heavy atom. The average Bonchev–Trinajstić information content (AvgIpc) is 3.41. The van der Waals surface area contributed by atoms with Crippen molar-refractivity contribution < 1.29 is 23.1 Å². The molecule has 8 nitrogen and oxygen atoms in total. The van der Waals surface area contributed by atoms with Gasteiger partial charge in [-0.05, 0) is 43.2 Å². The zero-order chi connectivity index (χ0) is 24.4. The van der Waals surface area contributed by atoms with Gasteiger partial charge in [0.05, 0.1) is 36.1 Å². The number of methoxy groups -OCH3 is 1. The second kappa shape index (κ2) is 9.79. The van der Waals surface area contributed by atoms with Gasteiger partial charge in [-0.1, -0.05) is 17.7 Å². The van der Waals surface area contributed by atoms with Crippen molar-refractivity contribution in [3.8, 4) is 11.5 Å². The van der Waals surface area contributed by atoms with Crippen LogP contribution in [-0.4, -0.2) is 47.1 Å². The first kappa shape index (κ1) is 22.9. The molecule has 2 aromatic heterocycles. The van der Waals surface area contributed by atoms with Crippen LogP contribution in [0.15, 0.2) is 59.5 Å². The van der Waals surface area contributed by atoms with E-state index in [0.717, 1.165) is 12.8 Å². The zero-order valence-electron chi connectivity index (χ0n) is 18.8. The number of hydrogen-bond donors (Lipinski definition) is 1. The first-order valence-corrected chi connectivity index (χ1v) is 11.4. The number of piperidine rings is 1. The minimum Gasteiger partial charge on any atom is -0.493 e. The molecule has 10 heteroatoms. The molecule has 0 spiro atoms. The van der Waals surface area contributed by atoms with Crippen LogP contribution in [-0.2, 0) is 0 Å². The number of fused-ring (bicyclic) bond motifs is 1. The highest BCUT2D eigenvalue weighted by Crippen LogP contribution is 2.36. The fourth-order valence-electron chi connectivity index (χ4n) is 4.10. The van der Waals surface area contributed by atoms with Crippen molar-refractivity contribution in [3.63, 3.8) is 0 Å². The fourth-order valence-corrected chi connectivity index (χ4v) is 4.27. The Hall–Kier alpha value is -3.85. The van der Waals surface area contributed by atoms with Gasteiger partial charge < -0.3 is 24.1 Å². The Kier molecular flexibility index (Phi) is 6.41. The Bertz CT molecular complexity index is 1370. The van der Waals surface area contributed by atoms with Crippen molar-refractivity contribution in [1.29, 1.82) is 0 Å². The van der Waals surface area contributed by atoms with E-state index in [0.29, 0.717) is 47.1 Å². The molecule has 5 rings (SSSR count). The number of ether oxygens (including phenoxy) is 2. The van der Waals surface area contributed by atoms with Gasteiger partial charge in [-0.3, -0.25) is 4.79 Å². The Labute approximate surface area is 205 Å². The van der Waals surface area contributed by atoms with Crippen LogP contribution in [0, 0.1) is 5.82 Å². The molecule has 0 bridgehead atoms. The molecule has 1 aliphatic rings. The number of aromatic nitrogens is 2. The number of amides is 1. The number of anilines is 2. The maximum atomic E-state index is 14.5. The lowest BCUT2D eigenvalue weighted by atomic mass is 10.1. The number of furan rings is 1. The number of likely N-dealkylation sites (tertiary alicyclic amines) is 1. The summed E-state index contributed by atoms with van der Waals surface area (Å²) in [5.74, 6) is 0.913. The highest BCUT2D eigenvalue weighted by molar-refractivity contribution is 6.31. The molecule has 0 aliphatic carbocycles. The molecule has 1 atom stereocenters. The molecule has 35 heavy (non-hydrogen) atoms. The molecule has 4 aromatic rings. The van der Waals surface area contributed by atoms with Crippen molar-refractivity contribution in [2.45, 2.75) is 18.9 Å². The van der Waals surface area contributed by atoms with E-state index in [1.54, 1.807) is 48.4 Å². The van der Waals surface area contributed by atoms with Crippen LogP contribution in [0.25, 0.3) is 10.9 Å². The number of benzene rings is 2. The summed E-state index contributed by atoms with van der Waals surface area (Å²) >= 11 is 5.92. The highest BCUT2D eigenvalue weighted by Gasteiger charge is 2.28. The summed E-state index contributed by atoms with van der Waals surface area (Å²) in [7, 11) is 1.54. The lowest BCUT2D eigenvalue weighted by Gasteiger charge is -2.32. The molecule has 0 radical (unpaired) electrons. The largest absolute Gasteiger partial charge is 0.493 e. The van der Waals surface area contributed by atoms with E-state index in [1.165, 1.54) is 18.7 Å². The number of nitrogens with one attached hydrogen (secondary N) is 1. The van der Waals surface area contributed by atoms with Gasteiger partial charge in [0.1, 0.15) is 18.2 Å². The number of nitrogens with zero attached hydrogens (tertiary/aromatic N) is 3. The first-order valence-electron chi connectivity index (χ1n) is 11.1. The summed E-state index contributed by atoms with van der Waals surface area (Å²) < 4.78 is 31.6. The van der Waals surface area contributed by atoms with Crippen LogP contribution in [0.2, 0.25) is 5.02 Å². The van der Waals surface area contributed by atoms with Gasteiger partial charge in [-0.2, -0.15) is 0 Å². The van der Waals surface area contributed by atoms with E-state index in [1.807, 2.05) is 0 Å². The van der Waals surface area contributed by atoms with Crippen molar-refractivity contribution in [3.05, 3.63) is 71.7 Å². The van der Waals surface area contributed by atoms with Crippen molar-refractivity contribution >= 4 is 39.9 Å². The zero-order valence-corrected chi connectivity index (χ0v) is 19.6. The predicted molar refractivity (Wildman–Crippen MR) is 129 cm³/mol. The van der Waals surface area contributed by atoms with E-state index >= 15 is 0 Å². The van der Waals surface area contributed by atoms with Gasteiger partial charge in [0, 0.05) is 18.0 Å². The van der Waals surface area contributed by atoms with Gasteiger partial charge in [0.2, 0.25) is 0 Å². The van der Waals surface area contributed by atoms with Crippen molar-refractivity contribution in [2.75, 3.05) is 25.5 Å². The second-order valence-corrected chi connectivity index (χ2v) is 8.49. The molecule has 2 aromatic carbocycles. The van der Waals surface area contributed by atoms with Crippen LogP contribution < -0.4 is 14.8 Å². The van der Waals surface area contributed by atoms with E-state index in [-0.39, 0.29) is 22.7 Å². The maximum absolute atomic E-state index is 14.5. The number of carbonyl (C=O) groups is 1. The standard InChI is InChI=1S/C25H22ClFN4O4/c1-33-21-12-19-16(24(29-14-28-19)30-18-7-2-6-17(26)23(18)27)11-22(21)35-15-5-3-9-31(13-15)25(32)20-8-4-10-34-20/h2,4,6-8,10-12,14-15H,3,5,9,13H2,1H3,(H,28,29,30). The van der Waals surface area contributed by atoms with E-state index < -0.39 is 5.82 Å². The minimum absolute atomic E-state index is 0.00463. The topological polar surface area (TPSA) is 89.7 Å². The lowest BCUT2D eigenvalue weighted by molar-refractivity contribution is 0.0505. The molecule has 1 unspecified atom stereocenters. The molecule has 1 fully saturated rings. The SMILES string of the molecule is COc1cc2ncnc(Nc3cccc(Cl)c3F)c2cc1OC1CCCN(C(=O)c2ccco2)C1. The summed E-state index contributed by atoms with van der Waals surface area (Å²) in [6.45, 7) is 1.03. The van der Waals surface area contributed by atoms with Crippen LogP contribution in [0.4, 0.5) is 15.9 Å². The third-order valence-corrected chi connectivity index (χ3v) is 6.11. The van der Waals surface area contributed by atoms with Crippen LogP contribution in [0.5, 0.6) is 11.5 Å². The van der Waals surface area contributed by atoms with E-state index in [2.05, 4.69) is 15.3 Å². The normalized spacial score (nSPS) is 15.7. The number of halogens is 2. The first-order chi connectivity index (χ1) is 17.0. The molecule has 1 saturated heterocycles. The minimum atomic E-state index is -0.575. The molecule has 180 valence electrons. The van der Waals surface area contributed by atoms with Gasteiger partial charge >= 0.3 is 0 Å². The molecule has 1 amide bonds. The number of carbonyl (C=O) groups excluding carboxylic acids is 1. The molecule has 3 heterocycles. The Morgan fingerprint density at radius 3 is 2.91 bits per heavy atom. The summed E-state index contributed by atoms with van der Waals surface area (Å²) in [5, 5.41) is 3.61. The van der Waals surface area contributed by atoms with E-state index in [4.69, 9.17) is 25.5 Å². The number of rotatable bonds is 6. The average molecular weight is 497 g/mol. The van der Waals surface area contributed by atoms with Crippen molar-refractivity contribution in [1.82, 2.24) is 14.9 Å². The van der Waals surface area contributed by atoms with Gasteiger partial charge in [-0.15, -0.1) is 0 Å². The van der Waals surface area contributed by atoms with Gasteiger partial charge in [0.25, 0.3) is 5.91 Å². The van der Waals surface area contributed by atoms with E-state index in [9.17, 15) is 9.18 Å². The molecular formula is C25H22ClFN4O4. The van der Waals surface area contributed by atoms with Crippen LogP contribution in [0.3, 0.4) is 0 Å². The van der Waals surface area contributed by atoms with Crippen LogP contribution in [0.1, 0.15) is 23.4 Å². The summed E-state index contributed by atoms with van der Waals surface area (Å²) in [4.78, 5) is 23.0. The maximum Gasteiger partial charge on any atom is 0.289 e. The third kappa shape index (κ3) is 4.72. The van der Waals surface area contributed by atoms with Gasteiger partial charge in [0.15, 0.2) is 23.1 Å². The molecule has 0 saturated carbocycles. The van der Waals surface area contributed by atoms with Crippen molar-refractivity contribution in [2.24, 2.45) is 0 Å². The molecular weight excluding hydrogens is 475 g/mol. The summed E-state index contributed by atoms with van der Waals surface area (Å²) in [5.41, 5.74) is 0.780. The van der Waals surface area contributed by atoms with Gasteiger partial charge in [-0.25, -0.2) is 14.4 Å². The summed E-state index contributed by atoms with van der Waals surface area (Å²) in [6, 6.07) is 11.5. The molecule has 1 aliphatic heterocycles. The smallest absolute Gasteiger partial charge is 0.289 e. The molecule has 1 N–H and O–H groups in total. The lowest BCUT2D eigenvalue weighted by Crippen LogP contribution is -2.44. The second-order valence-electron chi connectivity index (χ2n) is 8.08. The third-order valence-electron chi connectivity index (χ3n) is 5.82. The Balaban J connectivity index is 1.43. The predicted octanol–water partition coefficient (Wildman–Crippen LogP) is 5.45. The monoisotopic (exact) mass is 496 g/mol. The quantitative estimate of drug-likeness (QED) is 0.379. The summed E-state index contributed by atoms with van der Waals surface area (Å²) in [6.07, 6.45) is 4.17.